The number of nitrogens with one attached hydrogen (secondary N) is 1. The van der Waals surface area contributed by atoms with Gasteiger partial charge in [0.1, 0.15) is 12.1 Å². The van der Waals surface area contributed by atoms with E-state index in [4.69, 9.17) is 0 Å². The number of piperidine rings is 1. The Bertz CT molecular complexity index is 758. The van der Waals surface area contributed by atoms with Gasteiger partial charge in [0.2, 0.25) is 5.91 Å². The topological polar surface area (TPSA) is 75.4 Å². The van der Waals surface area contributed by atoms with Crippen molar-refractivity contribution in [1.29, 1.82) is 0 Å². The molecule has 0 aromatic carbocycles. The molecule has 1 N–H and O–H groups in total. The molecular weight excluding hydrogens is 328 g/mol. The third-order valence-electron chi connectivity index (χ3n) is 5.79. The summed E-state index contributed by atoms with van der Waals surface area (Å²) in [5, 5.41) is 7.63. The molecule has 1 aliphatic heterocycles. The van der Waals surface area contributed by atoms with Crippen LogP contribution in [0.1, 0.15) is 57.6 Å². The van der Waals surface area contributed by atoms with Gasteiger partial charge >= 0.3 is 0 Å². The maximum absolute atomic E-state index is 12.5. The molecule has 3 heterocycles. The van der Waals surface area contributed by atoms with Crippen molar-refractivity contribution >= 4 is 17.5 Å². The molecule has 1 saturated heterocycles. The van der Waals surface area contributed by atoms with E-state index in [-0.39, 0.29) is 11.8 Å². The fourth-order valence-corrected chi connectivity index (χ4v) is 4.19. The number of amides is 1. The van der Waals surface area contributed by atoms with Crippen molar-refractivity contribution in [3.63, 3.8) is 0 Å². The normalized spacial score (nSPS) is 19.8. The fourth-order valence-electron chi connectivity index (χ4n) is 4.19. The van der Waals surface area contributed by atoms with Gasteiger partial charge in [0.15, 0.2) is 0 Å². The maximum atomic E-state index is 12.5. The van der Waals surface area contributed by atoms with Gasteiger partial charge < -0.3 is 10.2 Å². The smallest absolute Gasteiger partial charge is 0.254 e. The second-order valence-electron chi connectivity index (χ2n) is 7.54. The van der Waals surface area contributed by atoms with Gasteiger partial charge in [-0.2, -0.15) is 14.6 Å². The van der Waals surface area contributed by atoms with E-state index >= 15 is 0 Å². The molecule has 0 unspecified atom stereocenters. The van der Waals surface area contributed by atoms with E-state index in [1.807, 2.05) is 4.52 Å². The van der Waals surface area contributed by atoms with Crippen LogP contribution in [0.5, 0.6) is 0 Å². The number of aromatic nitrogens is 4. The second kappa shape index (κ2) is 7.60. The molecule has 7 nitrogen and oxygen atoms in total. The lowest BCUT2D eigenvalue weighted by Crippen LogP contribution is -2.47. The number of nitrogens with zero attached hydrogens (tertiary/aromatic N) is 5. The van der Waals surface area contributed by atoms with Gasteiger partial charge in [-0.1, -0.05) is 26.2 Å². The van der Waals surface area contributed by atoms with Crippen LogP contribution >= 0.6 is 0 Å². The first-order chi connectivity index (χ1) is 12.7. The van der Waals surface area contributed by atoms with Crippen molar-refractivity contribution in [3.8, 4) is 0 Å². The number of aryl methyl sites for hydroxylation is 1. The van der Waals surface area contributed by atoms with Crippen molar-refractivity contribution < 1.29 is 4.79 Å². The van der Waals surface area contributed by atoms with Crippen LogP contribution < -0.4 is 10.2 Å². The molecule has 2 fully saturated rings. The highest BCUT2D eigenvalue weighted by atomic mass is 16.1. The molecule has 26 heavy (non-hydrogen) atoms. The molecule has 2 aromatic rings. The quantitative estimate of drug-likeness (QED) is 0.910. The third kappa shape index (κ3) is 3.52. The van der Waals surface area contributed by atoms with Crippen molar-refractivity contribution in [2.24, 2.45) is 5.92 Å². The SMILES string of the molecule is CCc1cc(N2CCC(NC(=O)C3CCCCC3)CC2)n2ncnc2n1. The minimum atomic E-state index is 0.240. The molecule has 1 aliphatic carbocycles. The van der Waals surface area contributed by atoms with E-state index < -0.39 is 0 Å². The highest BCUT2D eigenvalue weighted by molar-refractivity contribution is 5.79. The number of carbonyl (C=O) groups excluding carboxylic acids is 1. The lowest BCUT2D eigenvalue weighted by atomic mass is 9.88. The monoisotopic (exact) mass is 356 g/mol. The van der Waals surface area contributed by atoms with E-state index in [2.05, 4.69) is 38.3 Å². The fraction of sp³-hybridized carbons (Fsp3) is 0.684. The van der Waals surface area contributed by atoms with Crippen LogP contribution in [0.4, 0.5) is 5.82 Å². The lowest BCUT2D eigenvalue weighted by molar-refractivity contribution is -0.126. The molecule has 4 rings (SSSR count). The van der Waals surface area contributed by atoms with Crippen LogP contribution in [0.25, 0.3) is 5.78 Å². The summed E-state index contributed by atoms with van der Waals surface area (Å²) in [6.07, 6.45) is 10.2. The zero-order valence-electron chi connectivity index (χ0n) is 15.5. The van der Waals surface area contributed by atoms with Gasteiger partial charge in [0.05, 0.1) is 0 Å². The number of hydrogen-bond acceptors (Lipinski definition) is 5. The molecular formula is C19H28N6O. The Morgan fingerprint density at radius 1 is 1.19 bits per heavy atom. The Labute approximate surface area is 154 Å². The molecule has 140 valence electrons. The zero-order chi connectivity index (χ0) is 17.9. The number of hydrogen-bond donors (Lipinski definition) is 1. The van der Waals surface area contributed by atoms with Crippen LogP contribution in [-0.4, -0.2) is 44.6 Å². The summed E-state index contributed by atoms with van der Waals surface area (Å²) in [7, 11) is 0. The summed E-state index contributed by atoms with van der Waals surface area (Å²) in [6, 6.07) is 2.40. The van der Waals surface area contributed by atoms with Crippen molar-refractivity contribution in [2.45, 2.75) is 64.3 Å². The lowest BCUT2D eigenvalue weighted by Gasteiger charge is -2.34. The number of anilines is 1. The van der Waals surface area contributed by atoms with E-state index in [0.29, 0.717) is 11.8 Å². The Balaban J connectivity index is 1.39. The summed E-state index contributed by atoms with van der Waals surface area (Å²) in [4.78, 5) is 23.6. The van der Waals surface area contributed by atoms with E-state index in [9.17, 15) is 4.79 Å². The molecule has 7 heteroatoms. The van der Waals surface area contributed by atoms with Gasteiger partial charge in [-0.25, -0.2) is 4.98 Å². The summed E-state index contributed by atoms with van der Waals surface area (Å²) in [6.45, 7) is 3.93. The largest absolute Gasteiger partial charge is 0.356 e. The van der Waals surface area contributed by atoms with Crippen molar-refractivity contribution in [3.05, 3.63) is 18.1 Å². The Morgan fingerprint density at radius 3 is 2.69 bits per heavy atom. The third-order valence-corrected chi connectivity index (χ3v) is 5.79. The van der Waals surface area contributed by atoms with Gasteiger partial charge in [0, 0.05) is 36.8 Å². The van der Waals surface area contributed by atoms with Crippen LogP contribution in [0.15, 0.2) is 12.4 Å². The van der Waals surface area contributed by atoms with Gasteiger partial charge in [-0.15, -0.1) is 0 Å². The number of rotatable bonds is 4. The first-order valence-electron chi connectivity index (χ1n) is 9.99. The first-order valence-corrected chi connectivity index (χ1v) is 9.99. The summed E-state index contributed by atoms with van der Waals surface area (Å²) in [5.74, 6) is 2.23. The average molecular weight is 356 g/mol. The highest BCUT2D eigenvalue weighted by Crippen LogP contribution is 2.25. The second-order valence-corrected chi connectivity index (χ2v) is 7.54. The molecule has 0 atom stereocenters. The molecule has 0 radical (unpaired) electrons. The van der Waals surface area contributed by atoms with E-state index in [1.165, 1.54) is 19.3 Å². The average Bonchev–Trinajstić information content (AvgIpc) is 3.17. The van der Waals surface area contributed by atoms with Crippen LogP contribution in [0, 0.1) is 5.92 Å². The molecule has 1 saturated carbocycles. The number of carbonyl (C=O) groups is 1. The molecule has 2 aliphatic rings. The summed E-state index contributed by atoms with van der Waals surface area (Å²) in [5.41, 5.74) is 1.04. The van der Waals surface area contributed by atoms with Crippen LogP contribution in [0.2, 0.25) is 0 Å². The van der Waals surface area contributed by atoms with Crippen molar-refractivity contribution in [2.75, 3.05) is 18.0 Å². The minimum absolute atomic E-state index is 0.240. The minimum Gasteiger partial charge on any atom is -0.356 e. The molecule has 2 aromatic heterocycles. The molecule has 0 spiro atoms. The van der Waals surface area contributed by atoms with Gasteiger partial charge in [-0.05, 0) is 32.1 Å². The summed E-state index contributed by atoms with van der Waals surface area (Å²) >= 11 is 0. The standard InChI is InChI=1S/C19H28N6O/c1-2-15-12-17(25-19(23-15)20-13-21-25)24-10-8-16(9-11-24)22-18(26)14-6-4-3-5-7-14/h12-14,16H,2-11H2,1H3,(H,22,26). The van der Waals surface area contributed by atoms with Gasteiger partial charge in [-0.3, -0.25) is 4.79 Å². The van der Waals surface area contributed by atoms with Crippen molar-refractivity contribution in [1.82, 2.24) is 24.9 Å². The Hall–Kier alpha value is -2.18. The highest BCUT2D eigenvalue weighted by Gasteiger charge is 2.26. The molecule has 1 amide bonds. The first kappa shape index (κ1) is 17.2. The van der Waals surface area contributed by atoms with Crippen LogP contribution in [0.3, 0.4) is 0 Å². The van der Waals surface area contributed by atoms with Crippen LogP contribution in [-0.2, 0) is 11.2 Å². The summed E-state index contributed by atoms with van der Waals surface area (Å²) < 4.78 is 1.82. The molecule has 0 bridgehead atoms. The predicted octanol–water partition coefficient (Wildman–Crippen LogP) is 2.35. The Kier molecular flexibility index (Phi) is 5.04. The number of fused-ring (bicyclic) bond motifs is 1. The predicted molar refractivity (Wildman–Crippen MR) is 100 cm³/mol. The maximum Gasteiger partial charge on any atom is 0.254 e. The zero-order valence-corrected chi connectivity index (χ0v) is 15.5. The Morgan fingerprint density at radius 2 is 1.96 bits per heavy atom. The van der Waals surface area contributed by atoms with Gasteiger partial charge in [0.25, 0.3) is 5.78 Å². The van der Waals surface area contributed by atoms with E-state index in [0.717, 1.165) is 56.7 Å². The van der Waals surface area contributed by atoms with E-state index in [1.54, 1.807) is 6.33 Å².